The van der Waals surface area contributed by atoms with Crippen LogP contribution in [0.4, 0.5) is 0 Å². The van der Waals surface area contributed by atoms with Crippen LogP contribution in [0.15, 0.2) is 24.8 Å². The van der Waals surface area contributed by atoms with Crippen LogP contribution in [-0.4, -0.2) is 29.0 Å². The Bertz CT molecular complexity index is 228. The number of hydrogen-bond acceptors (Lipinski definition) is 3. The average Bonchev–Trinajstić information content (AvgIpc) is 2.03. The molecule has 0 aromatic carbocycles. The van der Waals surface area contributed by atoms with Gasteiger partial charge in [-0.2, -0.15) is 0 Å². The minimum absolute atomic E-state index is 0.925. The first-order chi connectivity index (χ1) is 5.29. The van der Waals surface area contributed by atoms with E-state index in [1.54, 1.807) is 6.20 Å². The first-order valence-corrected chi connectivity index (χ1v) is 3.39. The number of nitrogens with zero attached hydrogens (tertiary/aromatic N) is 3. The van der Waals surface area contributed by atoms with Gasteiger partial charge in [0.2, 0.25) is 0 Å². The summed E-state index contributed by atoms with van der Waals surface area (Å²) in [5.41, 5.74) is 0.925. The first kappa shape index (κ1) is 7.72. The van der Waals surface area contributed by atoms with Crippen molar-refractivity contribution in [3.8, 4) is 0 Å². The predicted molar refractivity (Wildman–Crippen MR) is 44.8 cm³/mol. The van der Waals surface area contributed by atoms with Gasteiger partial charge in [-0.15, -0.1) is 0 Å². The van der Waals surface area contributed by atoms with E-state index in [0.717, 1.165) is 5.69 Å². The maximum atomic E-state index is 4.03. The van der Waals surface area contributed by atoms with E-state index in [9.17, 15) is 0 Å². The van der Waals surface area contributed by atoms with Gasteiger partial charge < -0.3 is 4.90 Å². The molecular formula is C8H11N3. The van der Waals surface area contributed by atoms with Crippen LogP contribution in [0.5, 0.6) is 0 Å². The monoisotopic (exact) mass is 149 g/mol. The van der Waals surface area contributed by atoms with E-state index in [1.165, 1.54) is 6.33 Å². The molecule has 0 spiro atoms. The third-order valence-corrected chi connectivity index (χ3v) is 1.15. The standard InChI is InChI=1S/C8H11N3/c1-11(2)6-4-8-3-5-9-7-10-8/h3-7H,1-2H3/b6-4+. The van der Waals surface area contributed by atoms with E-state index in [2.05, 4.69) is 9.97 Å². The van der Waals surface area contributed by atoms with Crippen molar-refractivity contribution in [2.24, 2.45) is 0 Å². The van der Waals surface area contributed by atoms with Crippen LogP contribution < -0.4 is 0 Å². The van der Waals surface area contributed by atoms with Crippen molar-refractivity contribution in [3.05, 3.63) is 30.5 Å². The molecule has 1 rings (SSSR count). The fourth-order valence-electron chi connectivity index (χ4n) is 0.625. The predicted octanol–water partition coefficient (Wildman–Crippen LogP) is 1.01. The van der Waals surface area contributed by atoms with Gasteiger partial charge in [0.05, 0.1) is 5.69 Å². The second kappa shape index (κ2) is 3.71. The lowest BCUT2D eigenvalue weighted by atomic mass is 10.4. The molecule has 1 heterocycles. The number of rotatable bonds is 2. The van der Waals surface area contributed by atoms with E-state index in [4.69, 9.17) is 0 Å². The largest absolute Gasteiger partial charge is 0.383 e. The molecule has 0 aliphatic rings. The van der Waals surface area contributed by atoms with Gasteiger partial charge in [0.1, 0.15) is 6.33 Å². The van der Waals surface area contributed by atoms with Crippen molar-refractivity contribution < 1.29 is 0 Å². The van der Waals surface area contributed by atoms with Crippen LogP contribution in [0.2, 0.25) is 0 Å². The van der Waals surface area contributed by atoms with Crippen LogP contribution in [0.3, 0.4) is 0 Å². The number of aromatic nitrogens is 2. The van der Waals surface area contributed by atoms with Gasteiger partial charge in [-0.05, 0) is 12.1 Å². The Kier molecular flexibility index (Phi) is 2.60. The van der Waals surface area contributed by atoms with Crippen molar-refractivity contribution in [1.82, 2.24) is 14.9 Å². The van der Waals surface area contributed by atoms with Gasteiger partial charge in [-0.25, -0.2) is 9.97 Å². The van der Waals surface area contributed by atoms with E-state index in [1.807, 2.05) is 37.3 Å². The molecule has 58 valence electrons. The summed E-state index contributed by atoms with van der Waals surface area (Å²) in [6.45, 7) is 0. The molecule has 1 aromatic rings. The van der Waals surface area contributed by atoms with E-state index in [0.29, 0.717) is 0 Å². The first-order valence-electron chi connectivity index (χ1n) is 3.39. The molecule has 0 saturated carbocycles. The fraction of sp³-hybridized carbons (Fsp3) is 0.250. The zero-order valence-electron chi connectivity index (χ0n) is 6.73. The molecular weight excluding hydrogens is 138 g/mol. The van der Waals surface area contributed by atoms with Gasteiger partial charge in [-0.1, -0.05) is 0 Å². The molecule has 0 bridgehead atoms. The van der Waals surface area contributed by atoms with Gasteiger partial charge in [0, 0.05) is 26.5 Å². The summed E-state index contributed by atoms with van der Waals surface area (Å²) >= 11 is 0. The van der Waals surface area contributed by atoms with Crippen LogP contribution in [-0.2, 0) is 0 Å². The lowest BCUT2D eigenvalue weighted by Gasteiger charge is -2.01. The molecule has 0 radical (unpaired) electrons. The topological polar surface area (TPSA) is 29.0 Å². The second-order valence-electron chi connectivity index (χ2n) is 2.41. The normalized spacial score (nSPS) is 10.4. The highest BCUT2D eigenvalue weighted by atomic mass is 15.0. The molecule has 3 heteroatoms. The van der Waals surface area contributed by atoms with Crippen molar-refractivity contribution in [3.63, 3.8) is 0 Å². The van der Waals surface area contributed by atoms with Gasteiger partial charge in [-0.3, -0.25) is 0 Å². The highest BCUT2D eigenvalue weighted by Crippen LogP contribution is 1.94. The molecule has 0 aliphatic carbocycles. The zero-order valence-corrected chi connectivity index (χ0v) is 6.73. The molecule has 0 unspecified atom stereocenters. The van der Waals surface area contributed by atoms with E-state index >= 15 is 0 Å². The maximum Gasteiger partial charge on any atom is 0.115 e. The maximum absolute atomic E-state index is 4.03. The van der Waals surface area contributed by atoms with Crippen molar-refractivity contribution >= 4 is 6.08 Å². The summed E-state index contributed by atoms with van der Waals surface area (Å²) in [5.74, 6) is 0. The molecule has 0 N–H and O–H groups in total. The zero-order chi connectivity index (χ0) is 8.10. The van der Waals surface area contributed by atoms with Crippen LogP contribution in [0.1, 0.15) is 5.69 Å². The van der Waals surface area contributed by atoms with Crippen molar-refractivity contribution in [2.45, 2.75) is 0 Å². The van der Waals surface area contributed by atoms with Gasteiger partial charge in [0.25, 0.3) is 0 Å². The Morgan fingerprint density at radius 3 is 2.82 bits per heavy atom. The number of hydrogen-bond donors (Lipinski definition) is 0. The quantitative estimate of drug-likeness (QED) is 0.628. The van der Waals surface area contributed by atoms with Crippen LogP contribution >= 0.6 is 0 Å². The average molecular weight is 149 g/mol. The summed E-state index contributed by atoms with van der Waals surface area (Å²) < 4.78 is 0. The summed E-state index contributed by atoms with van der Waals surface area (Å²) in [7, 11) is 3.94. The lowest BCUT2D eigenvalue weighted by Crippen LogP contribution is -1.99. The Balaban J connectivity index is 2.65. The Morgan fingerprint density at radius 1 is 1.45 bits per heavy atom. The Labute approximate surface area is 66.4 Å². The highest BCUT2D eigenvalue weighted by Gasteiger charge is 1.83. The molecule has 0 saturated heterocycles. The minimum atomic E-state index is 0.925. The molecule has 0 amide bonds. The van der Waals surface area contributed by atoms with Crippen LogP contribution in [0, 0.1) is 0 Å². The summed E-state index contributed by atoms with van der Waals surface area (Å²) in [5, 5.41) is 0. The van der Waals surface area contributed by atoms with Gasteiger partial charge >= 0.3 is 0 Å². The smallest absolute Gasteiger partial charge is 0.115 e. The third kappa shape index (κ3) is 2.80. The second-order valence-corrected chi connectivity index (χ2v) is 2.41. The summed E-state index contributed by atoms with van der Waals surface area (Å²) in [6.07, 6.45) is 7.14. The lowest BCUT2D eigenvalue weighted by molar-refractivity contribution is 0.567. The van der Waals surface area contributed by atoms with E-state index < -0.39 is 0 Å². The van der Waals surface area contributed by atoms with Gasteiger partial charge in [0.15, 0.2) is 0 Å². The molecule has 0 atom stereocenters. The molecule has 1 aromatic heterocycles. The van der Waals surface area contributed by atoms with Crippen LogP contribution in [0.25, 0.3) is 6.08 Å². The SMILES string of the molecule is CN(C)/C=C/c1ccncn1. The Hall–Kier alpha value is -1.38. The Morgan fingerprint density at radius 2 is 2.27 bits per heavy atom. The molecule has 3 nitrogen and oxygen atoms in total. The van der Waals surface area contributed by atoms with Crippen molar-refractivity contribution in [1.29, 1.82) is 0 Å². The molecule has 11 heavy (non-hydrogen) atoms. The summed E-state index contributed by atoms with van der Waals surface area (Å²) in [4.78, 5) is 9.80. The minimum Gasteiger partial charge on any atom is -0.383 e. The van der Waals surface area contributed by atoms with E-state index in [-0.39, 0.29) is 0 Å². The summed E-state index contributed by atoms with van der Waals surface area (Å²) in [6, 6.07) is 1.86. The highest BCUT2D eigenvalue weighted by molar-refractivity contribution is 5.42. The fourth-order valence-corrected chi connectivity index (χ4v) is 0.625. The molecule has 0 fully saturated rings. The third-order valence-electron chi connectivity index (χ3n) is 1.15. The van der Waals surface area contributed by atoms with Crippen molar-refractivity contribution in [2.75, 3.05) is 14.1 Å². The molecule has 0 aliphatic heterocycles.